The number of nitrogens with one attached hydrogen (secondary N) is 1. The van der Waals surface area contributed by atoms with Crippen molar-refractivity contribution in [1.29, 1.82) is 0 Å². The van der Waals surface area contributed by atoms with Crippen molar-refractivity contribution in [2.75, 3.05) is 20.1 Å². The number of amides is 2. The van der Waals surface area contributed by atoms with E-state index in [2.05, 4.69) is 10.3 Å². The second-order valence-electron chi connectivity index (χ2n) is 3.45. The van der Waals surface area contributed by atoms with Gasteiger partial charge in [-0.1, -0.05) is 0 Å². The van der Waals surface area contributed by atoms with E-state index in [1.54, 1.807) is 12.4 Å². The molecule has 0 radical (unpaired) electrons. The maximum Gasteiger partial charge on any atom is 0.273 e. The van der Waals surface area contributed by atoms with Gasteiger partial charge < -0.3 is 16.0 Å². The van der Waals surface area contributed by atoms with E-state index in [1.807, 2.05) is 6.92 Å². The lowest BCUT2D eigenvalue weighted by molar-refractivity contribution is -0.121. The summed E-state index contributed by atoms with van der Waals surface area (Å²) in [7, 11) is 1.57. The molecule has 3 N–H and O–H groups in total. The lowest BCUT2D eigenvalue weighted by Gasteiger charge is -2.14. The van der Waals surface area contributed by atoms with E-state index in [0.29, 0.717) is 23.8 Å². The van der Waals surface area contributed by atoms with Crippen LogP contribution in [0.3, 0.4) is 0 Å². The molecule has 1 aromatic heterocycles. The molecule has 7 heteroatoms. The van der Waals surface area contributed by atoms with Crippen molar-refractivity contribution >= 4 is 23.2 Å². The minimum absolute atomic E-state index is 0.0299. The highest BCUT2D eigenvalue weighted by atomic mass is 32.1. The van der Waals surface area contributed by atoms with E-state index >= 15 is 0 Å². The fraction of sp³-hybridized carbons (Fsp3) is 0.500. The summed E-state index contributed by atoms with van der Waals surface area (Å²) < 4.78 is 0. The van der Waals surface area contributed by atoms with Crippen LogP contribution in [0.5, 0.6) is 0 Å². The summed E-state index contributed by atoms with van der Waals surface area (Å²) in [6, 6.07) is 0. The van der Waals surface area contributed by atoms with Gasteiger partial charge in [0.1, 0.15) is 10.7 Å². The largest absolute Gasteiger partial charge is 0.355 e. The number of nitrogens with two attached hydrogens (primary N) is 1. The molecule has 0 saturated carbocycles. The van der Waals surface area contributed by atoms with Crippen molar-refractivity contribution in [2.45, 2.75) is 13.5 Å². The highest BCUT2D eigenvalue weighted by Gasteiger charge is 2.17. The topological polar surface area (TPSA) is 88.3 Å². The zero-order valence-corrected chi connectivity index (χ0v) is 10.7. The van der Waals surface area contributed by atoms with Gasteiger partial charge in [-0.2, -0.15) is 0 Å². The Bertz CT molecular complexity index is 405. The fourth-order valence-electron chi connectivity index (χ4n) is 1.24. The number of carbonyl (C=O) groups is 2. The van der Waals surface area contributed by atoms with Gasteiger partial charge in [0.2, 0.25) is 5.91 Å². The van der Waals surface area contributed by atoms with Crippen LogP contribution >= 0.6 is 11.3 Å². The quantitative estimate of drug-likeness (QED) is 0.764. The SMILES string of the molecule is CCNC(=O)CN(C)C(=O)c1csc(CN)n1. The second kappa shape index (κ2) is 6.31. The van der Waals surface area contributed by atoms with Gasteiger partial charge in [-0.05, 0) is 6.92 Å². The lowest BCUT2D eigenvalue weighted by atomic mass is 10.4. The van der Waals surface area contributed by atoms with E-state index in [0.717, 1.165) is 0 Å². The van der Waals surface area contributed by atoms with Crippen LogP contribution in [0, 0.1) is 0 Å². The van der Waals surface area contributed by atoms with Gasteiger partial charge in [-0.3, -0.25) is 9.59 Å². The van der Waals surface area contributed by atoms with Gasteiger partial charge in [-0.15, -0.1) is 11.3 Å². The minimum Gasteiger partial charge on any atom is -0.355 e. The Morgan fingerprint density at radius 2 is 2.29 bits per heavy atom. The summed E-state index contributed by atoms with van der Waals surface area (Å²) in [5.74, 6) is -0.454. The fourth-order valence-corrected chi connectivity index (χ4v) is 1.89. The molecule has 0 aromatic carbocycles. The summed E-state index contributed by atoms with van der Waals surface area (Å²) in [4.78, 5) is 28.6. The summed E-state index contributed by atoms with van der Waals surface area (Å²) >= 11 is 1.34. The molecule has 0 aliphatic rings. The van der Waals surface area contributed by atoms with Crippen molar-refractivity contribution in [1.82, 2.24) is 15.2 Å². The summed E-state index contributed by atoms with van der Waals surface area (Å²) in [6.07, 6.45) is 0. The van der Waals surface area contributed by atoms with Crippen molar-refractivity contribution in [3.05, 3.63) is 16.1 Å². The van der Waals surface area contributed by atoms with Gasteiger partial charge in [0.25, 0.3) is 5.91 Å². The van der Waals surface area contributed by atoms with E-state index in [1.165, 1.54) is 16.2 Å². The van der Waals surface area contributed by atoms with Gasteiger partial charge in [0, 0.05) is 25.5 Å². The van der Waals surface area contributed by atoms with Crippen LogP contribution in [0.4, 0.5) is 0 Å². The summed E-state index contributed by atoms with van der Waals surface area (Å²) in [5.41, 5.74) is 5.75. The van der Waals surface area contributed by atoms with Gasteiger partial charge in [-0.25, -0.2) is 4.98 Å². The van der Waals surface area contributed by atoms with Gasteiger partial charge >= 0.3 is 0 Å². The van der Waals surface area contributed by atoms with E-state index in [-0.39, 0.29) is 18.4 Å². The second-order valence-corrected chi connectivity index (χ2v) is 4.39. The normalized spacial score (nSPS) is 10.1. The molecule has 94 valence electrons. The molecule has 1 heterocycles. The van der Waals surface area contributed by atoms with Crippen LogP contribution in [-0.2, 0) is 11.3 Å². The molecule has 0 spiro atoms. The molecule has 1 aromatic rings. The first-order chi connectivity index (χ1) is 8.08. The average Bonchev–Trinajstić information content (AvgIpc) is 2.76. The molecule has 0 saturated heterocycles. The van der Waals surface area contributed by atoms with Crippen LogP contribution in [0.15, 0.2) is 5.38 Å². The van der Waals surface area contributed by atoms with Crippen LogP contribution < -0.4 is 11.1 Å². The Morgan fingerprint density at radius 1 is 1.59 bits per heavy atom. The van der Waals surface area contributed by atoms with Crippen LogP contribution in [0.1, 0.15) is 22.4 Å². The number of likely N-dealkylation sites (N-methyl/N-ethyl adjacent to an activating group) is 2. The molecule has 17 heavy (non-hydrogen) atoms. The number of rotatable bonds is 5. The predicted molar refractivity (Wildman–Crippen MR) is 65.6 cm³/mol. The average molecular weight is 256 g/mol. The maximum atomic E-state index is 11.9. The predicted octanol–water partition coefficient (Wildman–Crippen LogP) is -0.190. The Hall–Kier alpha value is -1.47. The summed E-state index contributed by atoms with van der Waals surface area (Å²) in [5, 5.41) is 4.99. The molecular weight excluding hydrogens is 240 g/mol. The van der Waals surface area contributed by atoms with E-state index < -0.39 is 0 Å². The van der Waals surface area contributed by atoms with Crippen LogP contribution in [0.25, 0.3) is 0 Å². The number of aromatic nitrogens is 1. The van der Waals surface area contributed by atoms with Crippen molar-refractivity contribution in [2.24, 2.45) is 5.73 Å². The first kappa shape index (κ1) is 13.6. The van der Waals surface area contributed by atoms with E-state index in [4.69, 9.17) is 5.73 Å². The van der Waals surface area contributed by atoms with Crippen molar-refractivity contribution in [3.63, 3.8) is 0 Å². The molecule has 6 nitrogen and oxygen atoms in total. The molecule has 0 fully saturated rings. The molecule has 2 amide bonds. The van der Waals surface area contributed by atoms with Gasteiger partial charge in [0.15, 0.2) is 0 Å². The number of carbonyl (C=O) groups excluding carboxylic acids is 2. The first-order valence-electron chi connectivity index (χ1n) is 5.25. The third-order valence-electron chi connectivity index (χ3n) is 2.05. The van der Waals surface area contributed by atoms with E-state index in [9.17, 15) is 9.59 Å². The number of thiazole rings is 1. The van der Waals surface area contributed by atoms with Gasteiger partial charge in [0.05, 0.1) is 6.54 Å². The molecule has 0 atom stereocenters. The molecule has 1 rings (SSSR count). The molecule has 0 aliphatic carbocycles. The first-order valence-corrected chi connectivity index (χ1v) is 6.13. The Kier molecular flexibility index (Phi) is 5.05. The number of hydrogen-bond donors (Lipinski definition) is 2. The maximum absolute atomic E-state index is 11.9. The molecule has 0 unspecified atom stereocenters. The Morgan fingerprint density at radius 3 is 2.82 bits per heavy atom. The Labute approximate surface area is 104 Å². The zero-order valence-electron chi connectivity index (χ0n) is 9.90. The number of hydrogen-bond acceptors (Lipinski definition) is 5. The van der Waals surface area contributed by atoms with Crippen LogP contribution in [0.2, 0.25) is 0 Å². The zero-order chi connectivity index (χ0) is 12.8. The molecule has 0 aliphatic heterocycles. The molecular formula is C10H16N4O2S. The lowest BCUT2D eigenvalue weighted by Crippen LogP contribution is -2.38. The highest BCUT2D eigenvalue weighted by Crippen LogP contribution is 2.10. The molecule has 0 bridgehead atoms. The third kappa shape index (κ3) is 3.79. The van der Waals surface area contributed by atoms with Crippen molar-refractivity contribution < 1.29 is 9.59 Å². The summed E-state index contributed by atoms with van der Waals surface area (Å²) in [6.45, 7) is 2.72. The van der Waals surface area contributed by atoms with Crippen LogP contribution in [-0.4, -0.2) is 41.8 Å². The Balaban J connectivity index is 2.60. The minimum atomic E-state index is -0.271. The third-order valence-corrected chi connectivity index (χ3v) is 2.92. The number of nitrogens with zero attached hydrogens (tertiary/aromatic N) is 2. The monoisotopic (exact) mass is 256 g/mol. The highest BCUT2D eigenvalue weighted by molar-refractivity contribution is 7.09. The smallest absolute Gasteiger partial charge is 0.273 e. The standard InChI is InChI=1S/C10H16N4O2S/c1-3-12-8(15)5-14(2)10(16)7-6-17-9(4-11)13-7/h6H,3-5,11H2,1-2H3,(H,12,15). The van der Waals surface area contributed by atoms with Crippen molar-refractivity contribution in [3.8, 4) is 0 Å².